The molecule has 0 amide bonds. The number of aliphatic hydroxyl groups is 3. The Hall–Kier alpha value is -0.960. The molecule has 106 valence electrons. The first-order chi connectivity index (χ1) is 8.17. The van der Waals surface area contributed by atoms with Crippen LogP contribution in [0, 0.1) is 0 Å². The molecule has 0 bridgehead atoms. The molecule has 9 nitrogen and oxygen atoms in total. The van der Waals surface area contributed by atoms with Gasteiger partial charge in [-0.1, -0.05) is 0 Å². The maximum absolute atomic E-state index is 11.3. The summed E-state index contributed by atoms with van der Waals surface area (Å²) in [5.74, 6) is -1.59. The van der Waals surface area contributed by atoms with E-state index in [2.05, 4.69) is 9.26 Å². The van der Waals surface area contributed by atoms with Gasteiger partial charge in [-0.3, -0.25) is 9.79 Å². The molecule has 0 aliphatic heterocycles. The first-order valence-corrected chi connectivity index (χ1v) is 6.29. The van der Waals surface area contributed by atoms with E-state index < -0.39 is 38.9 Å². The summed E-state index contributed by atoms with van der Waals surface area (Å²) in [6.45, 7) is 0.407. The lowest BCUT2D eigenvalue weighted by molar-refractivity contribution is -0.140. The average Bonchev–Trinajstić information content (AvgIpc) is 2.21. The predicted octanol–water partition coefficient (Wildman–Crippen LogP) is -1.39. The summed E-state index contributed by atoms with van der Waals surface area (Å²) in [4.78, 5) is 28.5. The lowest BCUT2D eigenvalue weighted by atomic mass is 10.2. The van der Waals surface area contributed by atoms with Crippen LogP contribution < -0.4 is 0 Å². The van der Waals surface area contributed by atoms with Gasteiger partial charge >= 0.3 is 13.8 Å². The molecule has 5 N–H and O–H groups in total. The molecule has 0 aromatic rings. The summed E-state index contributed by atoms with van der Waals surface area (Å²) < 4.78 is 19.3. The van der Waals surface area contributed by atoms with Crippen LogP contribution in [0.1, 0.15) is 13.3 Å². The zero-order valence-corrected chi connectivity index (χ0v) is 10.4. The van der Waals surface area contributed by atoms with Crippen molar-refractivity contribution in [2.45, 2.75) is 19.6 Å². The number of hydrogen-bond donors (Lipinski definition) is 5. The molecule has 0 rings (SSSR count). The first kappa shape index (κ1) is 17.0. The number of carbonyl (C=O) groups excluding carboxylic acids is 1. The standard InChI is InChI=1S/C8H15O9P/c1-5(8(12)16-3-2-9)6(4-7(10)11)17-18(13,14)15/h7,9-11H,2-4H2,1H3,(H2,13,14,15). The summed E-state index contributed by atoms with van der Waals surface area (Å²) in [7, 11) is -4.93. The third-order valence-corrected chi connectivity index (χ3v) is 2.10. The first-order valence-electron chi connectivity index (χ1n) is 4.76. The number of aliphatic hydroxyl groups excluding tert-OH is 2. The number of phosphoric ester groups is 1. The Labute approximate surface area is 103 Å². The molecule has 0 aliphatic rings. The molecule has 0 fully saturated rings. The van der Waals surface area contributed by atoms with Crippen molar-refractivity contribution < 1.29 is 43.7 Å². The molecule has 18 heavy (non-hydrogen) atoms. The topological polar surface area (TPSA) is 154 Å². The highest BCUT2D eigenvalue weighted by molar-refractivity contribution is 7.46. The van der Waals surface area contributed by atoms with Gasteiger partial charge in [0.15, 0.2) is 6.29 Å². The van der Waals surface area contributed by atoms with Gasteiger partial charge in [0.1, 0.15) is 12.4 Å². The van der Waals surface area contributed by atoms with Crippen LogP contribution in [-0.2, 0) is 18.6 Å². The summed E-state index contributed by atoms with van der Waals surface area (Å²) in [6, 6.07) is 0. The van der Waals surface area contributed by atoms with E-state index in [1.165, 1.54) is 0 Å². The van der Waals surface area contributed by atoms with Crippen LogP contribution in [0.4, 0.5) is 0 Å². The highest BCUT2D eigenvalue weighted by Crippen LogP contribution is 2.40. The molecular formula is C8H15O9P. The molecular weight excluding hydrogens is 271 g/mol. The molecule has 0 saturated carbocycles. The van der Waals surface area contributed by atoms with E-state index in [-0.39, 0.29) is 12.2 Å². The molecule has 10 heteroatoms. The lowest BCUT2D eigenvalue weighted by Crippen LogP contribution is -2.15. The average molecular weight is 286 g/mol. The Morgan fingerprint density at radius 1 is 1.33 bits per heavy atom. The van der Waals surface area contributed by atoms with Gasteiger partial charge in [-0.2, -0.15) is 0 Å². The van der Waals surface area contributed by atoms with Gasteiger partial charge in [0.25, 0.3) is 0 Å². The quantitative estimate of drug-likeness (QED) is 0.125. The van der Waals surface area contributed by atoms with Gasteiger partial charge in [-0.25, -0.2) is 9.36 Å². The summed E-state index contributed by atoms with van der Waals surface area (Å²) in [5, 5.41) is 25.9. The van der Waals surface area contributed by atoms with Crippen LogP contribution in [0.2, 0.25) is 0 Å². The molecule has 0 aromatic heterocycles. The van der Waals surface area contributed by atoms with Crippen molar-refractivity contribution in [1.82, 2.24) is 0 Å². The molecule has 0 saturated heterocycles. The summed E-state index contributed by atoms with van der Waals surface area (Å²) in [5.41, 5.74) is -0.333. The van der Waals surface area contributed by atoms with Gasteiger partial charge < -0.3 is 24.6 Å². The minimum atomic E-state index is -4.93. The summed E-state index contributed by atoms with van der Waals surface area (Å²) in [6.07, 6.45) is -2.64. The number of phosphoric acid groups is 1. The van der Waals surface area contributed by atoms with E-state index in [4.69, 9.17) is 25.1 Å². The van der Waals surface area contributed by atoms with Crippen molar-refractivity contribution in [2.75, 3.05) is 13.2 Å². The smallest absolute Gasteiger partial charge is 0.460 e. The Bertz CT molecular complexity index is 356. The Balaban J connectivity index is 5.00. The minimum Gasteiger partial charge on any atom is -0.460 e. The van der Waals surface area contributed by atoms with Crippen molar-refractivity contribution in [2.24, 2.45) is 0 Å². The van der Waals surface area contributed by atoms with Gasteiger partial charge in [-0.15, -0.1) is 0 Å². The van der Waals surface area contributed by atoms with Crippen LogP contribution in [0.25, 0.3) is 0 Å². The monoisotopic (exact) mass is 286 g/mol. The van der Waals surface area contributed by atoms with Crippen LogP contribution in [0.5, 0.6) is 0 Å². The number of esters is 1. The SMILES string of the molecule is CC(C(=O)OCCO)=C(CC(O)O)OP(=O)(O)O. The molecule has 0 atom stereocenters. The second kappa shape index (κ2) is 7.47. The van der Waals surface area contributed by atoms with Crippen molar-refractivity contribution in [3.63, 3.8) is 0 Å². The van der Waals surface area contributed by atoms with Crippen LogP contribution in [-0.4, -0.2) is 50.6 Å². The van der Waals surface area contributed by atoms with Gasteiger partial charge in [0.2, 0.25) is 0 Å². The number of ether oxygens (including phenoxy) is 1. The summed E-state index contributed by atoms with van der Waals surface area (Å²) >= 11 is 0. The van der Waals surface area contributed by atoms with Crippen LogP contribution in [0.3, 0.4) is 0 Å². The number of rotatable bonds is 7. The Morgan fingerprint density at radius 3 is 2.28 bits per heavy atom. The highest BCUT2D eigenvalue weighted by atomic mass is 31.2. The minimum absolute atomic E-state index is 0.305. The molecule has 0 radical (unpaired) electrons. The van der Waals surface area contributed by atoms with Gasteiger partial charge in [0.05, 0.1) is 18.6 Å². The maximum Gasteiger partial charge on any atom is 0.524 e. The lowest BCUT2D eigenvalue weighted by Gasteiger charge is -2.14. The van der Waals surface area contributed by atoms with E-state index in [1.807, 2.05) is 0 Å². The largest absolute Gasteiger partial charge is 0.524 e. The van der Waals surface area contributed by atoms with Crippen molar-refractivity contribution in [3.05, 3.63) is 11.3 Å². The molecule has 0 spiro atoms. The maximum atomic E-state index is 11.3. The molecule has 0 unspecified atom stereocenters. The fourth-order valence-corrected chi connectivity index (χ4v) is 1.43. The third kappa shape index (κ3) is 7.38. The van der Waals surface area contributed by atoms with E-state index in [1.54, 1.807) is 0 Å². The van der Waals surface area contributed by atoms with Crippen LogP contribution >= 0.6 is 7.82 Å². The second-order valence-corrected chi connectivity index (χ2v) is 4.34. The molecule has 0 aliphatic carbocycles. The zero-order chi connectivity index (χ0) is 14.3. The van der Waals surface area contributed by atoms with Gasteiger partial charge in [0, 0.05) is 0 Å². The van der Waals surface area contributed by atoms with E-state index >= 15 is 0 Å². The fourth-order valence-electron chi connectivity index (χ4n) is 0.929. The zero-order valence-electron chi connectivity index (χ0n) is 9.51. The Kier molecular flexibility index (Phi) is 7.07. The van der Waals surface area contributed by atoms with Gasteiger partial charge in [-0.05, 0) is 6.92 Å². The van der Waals surface area contributed by atoms with Crippen molar-refractivity contribution in [3.8, 4) is 0 Å². The normalized spacial score (nSPS) is 13.3. The number of carbonyl (C=O) groups is 1. The van der Waals surface area contributed by atoms with Crippen LogP contribution in [0.15, 0.2) is 11.3 Å². The van der Waals surface area contributed by atoms with E-state index in [0.717, 1.165) is 6.92 Å². The van der Waals surface area contributed by atoms with Crippen molar-refractivity contribution in [1.29, 1.82) is 0 Å². The van der Waals surface area contributed by atoms with Crippen molar-refractivity contribution >= 4 is 13.8 Å². The van der Waals surface area contributed by atoms with E-state index in [0.29, 0.717) is 0 Å². The van der Waals surface area contributed by atoms with E-state index in [9.17, 15) is 9.36 Å². The molecule has 0 heterocycles. The Morgan fingerprint density at radius 2 is 1.89 bits per heavy atom. The molecule has 0 aromatic carbocycles. The number of hydrogen-bond acceptors (Lipinski definition) is 7. The highest BCUT2D eigenvalue weighted by Gasteiger charge is 2.24. The second-order valence-electron chi connectivity index (χ2n) is 3.17. The third-order valence-electron chi connectivity index (χ3n) is 1.65. The fraction of sp³-hybridized carbons (Fsp3) is 0.625. The predicted molar refractivity (Wildman–Crippen MR) is 56.7 cm³/mol.